The SMILES string of the molecule is CN(C)c1nc(N)nc(NCC2CC2)n1. The van der Waals surface area contributed by atoms with Crippen molar-refractivity contribution in [3.8, 4) is 0 Å². The summed E-state index contributed by atoms with van der Waals surface area (Å²) in [7, 11) is 3.75. The van der Waals surface area contributed by atoms with Gasteiger partial charge in [0.2, 0.25) is 17.8 Å². The Morgan fingerprint density at radius 1 is 1.33 bits per heavy atom. The normalized spacial score (nSPS) is 15.1. The van der Waals surface area contributed by atoms with Crippen molar-refractivity contribution in [2.75, 3.05) is 36.6 Å². The first kappa shape index (κ1) is 9.95. The lowest BCUT2D eigenvalue weighted by molar-refractivity contribution is 0.864. The molecule has 1 aliphatic rings. The third kappa shape index (κ3) is 2.68. The lowest BCUT2D eigenvalue weighted by Gasteiger charge is -2.11. The van der Waals surface area contributed by atoms with E-state index in [-0.39, 0.29) is 5.95 Å². The van der Waals surface area contributed by atoms with Gasteiger partial charge in [0.15, 0.2) is 0 Å². The minimum absolute atomic E-state index is 0.256. The monoisotopic (exact) mass is 208 g/mol. The number of hydrogen-bond donors (Lipinski definition) is 2. The maximum Gasteiger partial charge on any atom is 0.231 e. The van der Waals surface area contributed by atoms with E-state index in [1.807, 2.05) is 14.1 Å². The van der Waals surface area contributed by atoms with Gasteiger partial charge in [0, 0.05) is 20.6 Å². The summed E-state index contributed by atoms with van der Waals surface area (Å²) in [6, 6.07) is 0. The molecule has 0 unspecified atom stereocenters. The maximum atomic E-state index is 5.59. The number of aromatic nitrogens is 3. The molecule has 0 spiro atoms. The molecule has 3 N–H and O–H groups in total. The number of anilines is 3. The van der Waals surface area contributed by atoms with Gasteiger partial charge in [-0.1, -0.05) is 0 Å². The van der Waals surface area contributed by atoms with Crippen LogP contribution in [-0.4, -0.2) is 35.6 Å². The Hall–Kier alpha value is -1.59. The second-order valence-corrected chi connectivity index (χ2v) is 4.04. The summed E-state index contributed by atoms with van der Waals surface area (Å²) >= 11 is 0. The zero-order valence-electron chi connectivity index (χ0n) is 9.06. The third-order valence-electron chi connectivity index (χ3n) is 2.29. The smallest absolute Gasteiger partial charge is 0.231 e. The molecule has 1 aromatic heterocycles. The van der Waals surface area contributed by atoms with Gasteiger partial charge in [0.05, 0.1) is 0 Å². The van der Waals surface area contributed by atoms with Crippen LogP contribution in [0.5, 0.6) is 0 Å². The lowest BCUT2D eigenvalue weighted by Crippen LogP contribution is -2.17. The minimum Gasteiger partial charge on any atom is -0.368 e. The van der Waals surface area contributed by atoms with Crippen molar-refractivity contribution in [3.05, 3.63) is 0 Å². The standard InChI is InChI=1S/C9H16N6/c1-15(2)9-13-7(10)12-8(14-9)11-5-6-3-4-6/h6H,3-5H2,1-2H3,(H3,10,11,12,13,14). The van der Waals surface area contributed by atoms with Gasteiger partial charge >= 0.3 is 0 Å². The Bertz CT molecular complexity index is 346. The van der Waals surface area contributed by atoms with Gasteiger partial charge in [-0.15, -0.1) is 0 Å². The Morgan fingerprint density at radius 2 is 2.07 bits per heavy atom. The number of nitrogens with two attached hydrogens (primary N) is 1. The summed E-state index contributed by atoms with van der Waals surface area (Å²) in [5.74, 6) is 2.19. The van der Waals surface area contributed by atoms with Crippen molar-refractivity contribution in [1.29, 1.82) is 0 Å². The Balaban J connectivity index is 2.07. The molecule has 2 rings (SSSR count). The van der Waals surface area contributed by atoms with Crippen molar-refractivity contribution >= 4 is 17.8 Å². The van der Waals surface area contributed by atoms with Gasteiger partial charge < -0.3 is 16.0 Å². The highest BCUT2D eigenvalue weighted by Gasteiger charge is 2.21. The Morgan fingerprint density at radius 3 is 2.67 bits per heavy atom. The van der Waals surface area contributed by atoms with Crippen molar-refractivity contribution in [2.24, 2.45) is 5.92 Å². The highest BCUT2D eigenvalue weighted by Crippen LogP contribution is 2.28. The summed E-state index contributed by atoms with van der Waals surface area (Å²) < 4.78 is 0. The van der Waals surface area contributed by atoms with E-state index < -0.39 is 0 Å². The van der Waals surface area contributed by atoms with Crippen molar-refractivity contribution < 1.29 is 0 Å². The molecule has 0 saturated heterocycles. The summed E-state index contributed by atoms with van der Waals surface area (Å²) in [6.45, 7) is 0.927. The molecule has 15 heavy (non-hydrogen) atoms. The number of nitrogens with one attached hydrogen (secondary N) is 1. The molecule has 1 saturated carbocycles. The van der Waals surface area contributed by atoms with Crippen LogP contribution in [0.25, 0.3) is 0 Å². The van der Waals surface area contributed by atoms with Gasteiger partial charge in [-0.25, -0.2) is 0 Å². The molecule has 82 valence electrons. The molecule has 1 heterocycles. The van der Waals surface area contributed by atoms with E-state index >= 15 is 0 Å². The topological polar surface area (TPSA) is 80.0 Å². The summed E-state index contributed by atoms with van der Waals surface area (Å²) in [4.78, 5) is 14.1. The lowest BCUT2D eigenvalue weighted by atomic mass is 10.4. The van der Waals surface area contributed by atoms with Crippen LogP contribution in [0, 0.1) is 5.92 Å². The largest absolute Gasteiger partial charge is 0.368 e. The van der Waals surface area contributed by atoms with Crippen LogP contribution in [0.15, 0.2) is 0 Å². The first-order chi connectivity index (χ1) is 7.15. The van der Waals surface area contributed by atoms with Crippen LogP contribution >= 0.6 is 0 Å². The predicted molar refractivity (Wildman–Crippen MR) is 59.8 cm³/mol. The van der Waals surface area contributed by atoms with Crippen molar-refractivity contribution in [3.63, 3.8) is 0 Å². The summed E-state index contributed by atoms with van der Waals surface area (Å²) in [6.07, 6.45) is 2.60. The number of nitrogen functional groups attached to an aromatic ring is 1. The molecule has 6 nitrogen and oxygen atoms in total. The molecule has 1 fully saturated rings. The molecule has 6 heteroatoms. The fourth-order valence-corrected chi connectivity index (χ4v) is 1.22. The van der Waals surface area contributed by atoms with E-state index in [0.717, 1.165) is 12.5 Å². The van der Waals surface area contributed by atoms with Crippen LogP contribution in [0.3, 0.4) is 0 Å². The van der Waals surface area contributed by atoms with Crippen LogP contribution in [0.4, 0.5) is 17.8 Å². The average Bonchev–Trinajstić information content (AvgIpc) is 2.97. The van der Waals surface area contributed by atoms with E-state index in [9.17, 15) is 0 Å². The van der Waals surface area contributed by atoms with Gasteiger partial charge in [-0.3, -0.25) is 0 Å². The van der Waals surface area contributed by atoms with E-state index in [4.69, 9.17) is 5.73 Å². The van der Waals surface area contributed by atoms with Gasteiger partial charge in [-0.2, -0.15) is 15.0 Å². The molecule has 0 radical (unpaired) electrons. The Labute approximate surface area is 88.9 Å². The fraction of sp³-hybridized carbons (Fsp3) is 0.667. The zero-order chi connectivity index (χ0) is 10.8. The second-order valence-electron chi connectivity index (χ2n) is 4.04. The van der Waals surface area contributed by atoms with Crippen LogP contribution in [-0.2, 0) is 0 Å². The van der Waals surface area contributed by atoms with Crippen LogP contribution < -0.4 is 16.0 Å². The molecule has 0 amide bonds. The predicted octanol–water partition coefficient (Wildman–Crippen LogP) is 0.342. The van der Waals surface area contributed by atoms with E-state index in [2.05, 4.69) is 20.3 Å². The van der Waals surface area contributed by atoms with Gasteiger partial charge in [-0.05, 0) is 18.8 Å². The zero-order valence-corrected chi connectivity index (χ0v) is 9.06. The Kier molecular flexibility index (Phi) is 2.57. The average molecular weight is 208 g/mol. The molecular formula is C9H16N6. The van der Waals surface area contributed by atoms with E-state index in [1.54, 1.807) is 4.90 Å². The quantitative estimate of drug-likeness (QED) is 0.742. The molecule has 1 aliphatic carbocycles. The third-order valence-corrected chi connectivity index (χ3v) is 2.29. The van der Waals surface area contributed by atoms with Crippen LogP contribution in [0.2, 0.25) is 0 Å². The van der Waals surface area contributed by atoms with Crippen LogP contribution in [0.1, 0.15) is 12.8 Å². The van der Waals surface area contributed by atoms with E-state index in [1.165, 1.54) is 12.8 Å². The van der Waals surface area contributed by atoms with Gasteiger partial charge in [0.1, 0.15) is 0 Å². The van der Waals surface area contributed by atoms with Gasteiger partial charge in [0.25, 0.3) is 0 Å². The second kappa shape index (κ2) is 3.88. The van der Waals surface area contributed by atoms with Crippen molar-refractivity contribution in [1.82, 2.24) is 15.0 Å². The maximum absolute atomic E-state index is 5.59. The molecule has 0 atom stereocenters. The molecular weight excluding hydrogens is 192 g/mol. The van der Waals surface area contributed by atoms with E-state index in [0.29, 0.717) is 11.9 Å². The molecule has 0 bridgehead atoms. The summed E-state index contributed by atoms with van der Waals surface area (Å²) in [5, 5.41) is 3.17. The number of nitrogens with zero attached hydrogens (tertiary/aromatic N) is 4. The first-order valence-corrected chi connectivity index (χ1v) is 5.08. The first-order valence-electron chi connectivity index (χ1n) is 5.08. The fourth-order valence-electron chi connectivity index (χ4n) is 1.22. The molecule has 0 aliphatic heterocycles. The van der Waals surface area contributed by atoms with Crippen molar-refractivity contribution in [2.45, 2.75) is 12.8 Å². The summed E-state index contributed by atoms with van der Waals surface area (Å²) in [5.41, 5.74) is 5.59. The minimum atomic E-state index is 0.256. The highest BCUT2D eigenvalue weighted by molar-refractivity contribution is 5.40. The number of rotatable bonds is 4. The highest BCUT2D eigenvalue weighted by atomic mass is 15.3. The number of hydrogen-bond acceptors (Lipinski definition) is 6. The molecule has 0 aromatic carbocycles. The molecule has 1 aromatic rings.